The zero-order chi connectivity index (χ0) is 32.4. The maximum atomic E-state index is 12.9. The van der Waals surface area contributed by atoms with Crippen molar-refractivity contribution in [3.8, 4) is 0 Å². The number of fused-ring (bicyclic) bond motifs is 4. The number of rotatable bonds is 7. The molecule has 1 unspecified atom stereocenters. The smallest absolute Gasteiger partial charge is 0.303 e. The number of hydrogen-bond donors (Lipinski definition) is 2. The van der Waals surface area contributed by atoms with Crippen molar-refractivity contribution in [1.29, 1.82) is 0 Å². The molecule has 8 rings (SSSR count). The highest BCUT2D eigenvalue weighted by Gasteiger charge is 2.85. The van der Waals surface area contributed by atoms with Gasteiger partial charge in [0.2, 0.25) is 5.91 Å². The van der Waals surface area contributed by atoms with E-state index in [-0.39, 0.29) is 57.7 Å². The van der Waals surface area contributed by atoms with Gasteiger partial charge in [-0.1, -0.05) is 34.6 Å². The molecule has 8 heteroatoms. The summed E-state index contributed by atoms with van der Waals surface area (Å²) in [7, 11) is 0. The summed E-state index contributed by atoms with van der Waals surface area (Å²) in [4.78, 5) is 26.2. The van der Waals surface area contributed by atoms with Gasteiger partial charge in [-0.25, -0.2) is 0 Å². The number of amides is 1. The highest BCUT2D eigenvalue weighted by molar-refractivity contribution is 5.76. The third-order valence-corrected chi connectivity index (χ3v) is 15.5. The Kier molecular flexibility index (Phi) is 7.40. The number of aliphatic hydroxyl groups is 1. The van der Waals surface area contributed by atoms with Crippen LogP contribution >= 0.6 is 0 Å². The van der Waals surface area contributed by atoms with Gasteiger partial charge in [-0.15, -0.1) is 0 Å². The van der Waals surface area contributed by atoms with Gasteiger partial charge in [-0.3, -0.25) is 9.59 Å². The number of aliphatic hydroxyl groups excluding tert-OH is 1. The number of hydrogen-bond acceptors (Lipinski definition) is 6. The molecule has 8 fully saturated rings. The highest BCUT2D eigenvalue weighted by atomic mass is 16.7. The number of carboxylic acid groups (broad SMARTS) is 1. The maximum Gasteiger partial charge on any atom is 0.303 e. The van der Waals surface area contributed by atoms with Crippen molar-refractivity contribution in [2.45, 2.75) is 137 Å². The quantitative estimate of drug-likeness (QED) is 0.336. The molecule has 3 radical (unpaired) electrons. The molecule has 2 N–H and O–H groups in total. The summed E-state index contributed by atoms with van der Waals surface area (Å²) in [6.45, 7) is 13.7. The number of carbonyl (C=O) groups is 2. The van der Waals surface area contributed by atoms with E-state index in [2.05, 4.69) is 34.6 Å². The van der Waals surface area contributed by atoms with Crippen molar-refractivity contribution in [3.63, 3.8) is 0 Å². The number of nitrogens with zero attached hydrogens (tertiary/aromatic N) is 1. The van der Waals surface area contributed by atoms with Crippen LogP contribution in [0.4, 0.5) is 0 Å². The number of carbonyl (C=O) groups excluding carboxylic acids is 1. The Labute approximate surface area is 275 Å². The molecule has 2 saturated heterocycles. The lowest BCUT2D eigenvalue weighted by atomic mass is 9.41. The molecule has 0 aromatic rings. The van der Waals surface area contributed by atoms with E-state index in [9.17, 15) is 19.8 Å². The van der Waals surface area contributed by atoms with Gasteiger partial charge in [0.25, 0.3) is 0 Å². The van der Waals surface area contributed by atoms with Crippen LogP contribution < -0.4 is 0 Å². The van der Waals surface area contributed by atoms with Crippen LogP contribution in [0.5, 0.6) is 0 Å². The Balaban J connectivity index is 0.995. The van der Waals surface area contributed by atoms with E-state index >= 15 is 0 Å². The molecule has 6 aliphatic carbocycles. The van der Waals surface area contributed by atoms with Gasteiger partial charge in [0, 0.05) is 30.7 Å². The summed E-state index contributed by atoms with van der Waals surface area (Å²) < 4.78 is 19.4. The number of ether oxygens (including phenoxy) is 3. The van der Waals surface area contributed by atoms with E-state index < -0.39 is 12.1 Å². The second-order valence-corrected chi connectivity index (χ2v) is 17.9. The first-order chi connectivity index (χ1) is 21.8. The fourth-order valence-electron chi connectivity index (χ4n) is 12.9. The normalized spacial score (nSPS) is 48.5. The van der Waals surface area contributed by atoms with E-state index in [0.717, 1.165) is 50.7 Å². The Bertz CT molecular complexity index is 1250. The van der Waals surface area contributed by atoms with E-state index in [0.29, 0.717) is 50.3 Å². The van der Waals surface area contributed by atoms with Crippen molar-refractivity contribution in [2.75, 3.05) is 19.7 Å². The summed E-state index contributed by atoms with van der Waals surface area (Å²) in [6.07, 6.45) is 12.9. The minimum atomic E-state index is -0.806. The van der Waals surface area contributed by atoms with Crippen LogP contribution in [-0.2, 0) is 23.8 Å². The predicted molar refractivity (Wildman–Crippen MR) is 170 cm³/mol. The summed E-state index contributed by atoms with van der Waals surface area (Å²) in [5, 5.41) is 21.6. The fraction of sp³-hybridized carbons (Fsp3) is 0.868. The fourth-order valence-corrected chi connectivity index (χ4v) is 12.9. The molecule has 10 atom stereocenters. The summed E-state index contributed by atoms with van der Waals surface area (Å²) in [5.74, 6) is 2.70. The molecule has 0 bridgehead atoms. The van der Waals surface area contributed by atoms with Crippen molar-refractivity contribution >= 4 is 11.9 Å². The monoisotopic (exact) mass is 638 g/mol. The molecule has 2 aliphatic heterocycles. The van der Waals surface area contributed by atoms with Crippen molar-refractivity contribution < 1.29 is 34.0 Å². The van der Waals surface area contributed by atoms with Gasteiger partial charge in [0.15, 0.2) is 6.29 Å². The summed E-state index contributed by atoms with van der Waals surface area (Å²) >= 11 is 0. The first-order valence-corrected chi connectivity index (χ1v) is 18.5. The largest absolute Gasteiger partial charge is 0.481 e. The molecule has 8 aliphatic rings. The zero-order valence-electron chi connectivity index (χ0n) is 28.7. The molecule has 8 nitrogen and oxygen atoms in total. The third-order valence-electron chi connectivity index (χ3n) is 15.5. The third kappa shape index (κ3) is 4.37. The molecule has 2 heterocycles. The van der Waals surface area contributed by atoms with Crippen LogP contribution in [0, 0.1) is 68.9 Å². The summed E-state index contributed by atoms with van der Waals surface area (Å²) in [5.41, 5.74) is 0.000304. The number of carboxylic acids is 1. The molecule has 6 saturated carbocycles. The van der Waals surface area contributed by atoms with E-state index in [1.165, 1.54) is 25.7 Å². The Morgan fingerprint density at radius 3 is 2.59 bits per heavy atom. The van der Waals surface area contributed by atoms with Crippen molar-refractivity contribution in [1.82, 2.24) is 4.90 Å². The molecule has 2 spiro atoms. The first kappa shape index (κ1) is 32.0. The second kappa shape index (κ2) is 10.6. The predicted octanol–water partition coefficient (Wildman–Crippen LogP) is 6.32. The van der Waals surface area contributed by atoms with Gasteiger partial charge < -0.3 is 29.3 Å². The van der Waals surface area contributed by atoms with E-state index in [1.54, 1.807) is 5.92 Å². The SMILES string of the molecule is C[C@@H]1C[C](CCC(=O)O)O[C]2[C@H]1[C@@]1(C)CC[C@@]34C[C@@]35CCC(O[C@H]3CN(C(=O)CC6CC6)CCO3)C(C)(C)[C@@H]5CC[C]4[C@]1(C)[C@H]2O. The van der Waals surface area contributed by atoms with E-state index in [1.807, 2.05) is 4.90 Å². The molecule has 0 aromatic carbocycles. The lowest BCUT2D eigenvalue weighted by Crippen LogP contribution is -2.59. The zero-order valence-corrected chi connectivity index (χ0v) is 28.7. The molecular formula is C38H56NO7. The van der Waals surface area contributed by atoms with Crippen LogP contribution in [-0.4, -0.2) is 65.2 Å². The van der Waals surface area contributed by atoms with Crippen LogP contribution in [0.2, 0.25) is 0 Å². The van der Waals surface area contributed by atoms with E-state index in [4.69, 9.17) is 14.2 Å². The Morgan fingerprint density at radius 1 is 1.07 bits per heavy atom. The molecule has 0 aromatic heterocycles. The summed E-state index contributed by atoms with van der Waals surface area (Å²) in [6, 6.07) is 0. The van der Waals surface area contributed by atoms with Gasteiger partial charge in [0.05, 0.1) is 31.5 Å². The molecule has 46 heavy (non-hydrogen) atoms. The van der Waals surface area contributed by atoms with Gasteiger partial charge in [-0.05, 0) is 116 Å². The lowest BCUT2D eigenvalue weighted by molar-refractivity contribution is -0.242. The van der Waals surface area contributed by atoms with Crippen LogP contribution in [0.25, 0.3) is 0 Å². The van der Waals surface area contributed by atoms with Crippen LogP contribution in [0.1, 0.15) is 118 Å². The first-order valence-electron chi connectivity index (χ1n) is 18.5. The Morgan fingerprint density at radius 2 is 1.85 bits per heavy atom. The number of aliphatic carboxylic acids is 1. The van der Waals surface area contributed by atoms with Crippen molar-refractivity contribution in [3.05, 3.63) is 18.1 Å². The second-order valence-electron chi connectivity index (χ2n) is 17.9. The molecular weight excluding hydrogens is 582 g/mol. The minimum Gasteiger partial charge on any atom is -0.481 e. The Hall–Kier alpha value is -1.22. The average Bonchev–Trinajstić information content (AvgIpc) is 3.93. The van der Waals surface area contributed by atoms with Gasteiger partial charge in [-0.2, -0.15) is 0 Å². The molecule has 255 valence electrons. The minimum absolute atomic E-state index is 0.0126. The van der Waals surface area contributed by atoms with Gasteiger partial charge in [0.1, 0.15) is 6.10 Å². The van der Waals surface area contributed by atoms with Gasteiger partial charge >= 0.3 is 5.97 Å². The standard InChI is InChI=1S/C38H56NO7/c1-22-18-24(8-11-29(41)42)45-32-31(22)35(4)14-15-38-21-37(38)13-12-27(34(2,3)25(37)9-10-26(38)36(35,5)33(32)43)46-30-20-39(16-17-44-30)28(40)19-23-6-7-23/h22-23,25,27,30-31,33,43H,6-21H2,1-5H3,(H,41,42)/t22-,25+,27?,30+,31+,33+,35-,36-,37-,38+/m1/s1. The van der Waals surface area contributed by atoms with Crippen molar-refractivity contribution in [2.24, 2.45) is 50.7 Å². The average molecular weight is 639 g/mol. The lowest BCUT2D eigenvalue weighted by Gasteiger charge is -2.63. The number of morpholine rings is 1. The maximum absolute atomic E-state index is 12.9. The molecule has 1 amide bonds. The van der Waals surface area contributed by atoms with Crippen LogP contribution in [0.15, 0.2) is 0 Å². The topological polar surface area (TPSA) is 106 Å². The van der Waals surface area contributed by atoms with Crippen LogP contribution in [0.3, 0.4) is 0 Å². The highest BCUT2D eigenvalue weighted by Crippen LogP contribution is 2.90.